The van der Waals surface area contributed by atoms with Crippen molar-refractivity contribution in [1.29, 1.82) is 0 Å². The highest BCUT2D eigenvalue weighted by atomic mass is 16.3. The molecule has 0 aliphatic carbocycles. The number of rotatable bonds is 5. The SMILES string of the molecule is CC(CN)N(C)CCCO. The van der Waals surface area contributed by atoms with Gasteiger partial charge >= 0.3 is 0 Å². The molecule has 0 fully saturated rings. The topological polar surface area (TPSA) is 49.5 Å². The maximum Gasteiger partial charge on any atom is 0.0443 e. The zero-order chi connectivity index (χ0) is 7.98. The highest BCUT2D eigenvalue weighted by molar-refractivity contribution is 4.62. The average Bonchev–Trinajstić information content (AvgIpc) is 1.98. The Balaban J connectivity index is 3.31. The van der Waals surface area contributed by atoms with Gasteiger partial charge in [0.25, 0.3) is 0 Å². The molecule has 0 spiro atoms. The van der Waals surface area contributed by atoms with Crippen LogP contribution in [0.5, 0.6) is 0 Å². The van der Waals surface area contributed by atoms with Crippen LogP contribution in [0.3, 0.4) is 0 Å². The van der Waals surface area contributed by atoms with E-state index in [4.69, 9.17) is 10.8 Å². The molecule has 0 amide bonds. The van der Waals surface area contributed by atoms with Crippen molar-refractivity contribution in [3.05, 3.63) is 0 Å². The van der Waals surface area contributed by atoms with Gasteiger partial charge in [0.1, 0.15) is 0 Å². The standard InChI is InChI=1S/C7H18N2O/c1-7(6-8)9(2)4-3-5-10/h7,10H,3-6,8H2,1-2H3. The van der Waals surface area contributed by atoms with Crippen molar-refractivity contribution in [2.75, 3.05) is 26.7 Å². The zero-order valence-corrected chi connectivity index (χ0v) is 6.88. The van der Waals surface area contributed by atoms with Crippen LogP contribution in [-0.4, -0.2) is 42.8 Å². The molecule has 0 bridgehead atoms. The van der Waals surface area contributed by atoms with Gasteiger partial charge in [0, 0.05) is 25.7 Å². The molecule has 1 atom stereocenters. The molecule has 0 aliphatic heterocycles. The van der Waals surface area contributed by atoms with Gasteiger partial charge in [-0.1, -0.05) is 0 Å². The lowest BCUT2D eigenvalue weighted by Crippen LogP contribution is -2.36. The highest BCUT2D eigenvalue weighted by Gasteiger charge is 2.04. The van der Waals surface area contributed by atoms with Crippen LogP contribution >= 0.6 is 0 Å². The van der Waals surface area contributed by atoms with Crippen LogP contribution in [0.1, 0.15) is 13.3 Å². The summed E-state index contributed by atoms with van der Waals surface area (Å²) in [5.41, 5.74) is 5.44. The average molecular weight is 146 g/mol. The maximum absolute atomic E-state index is 8.51. The van der Waals surface area contributed by atoms with Crippen molar-refractivity contribution in [3.63, 3.8) is 0 Å². The van der Waals surface area contributed by atoms with Crippen LogP contribution in [0.15, 0.2) is 0 Å². The fourth-order valence-electron chi connectivity index (χ4n) is 0.720. The van der Waals surface area contributed by atoms with E-state index in [0.29, 0.717) is 12.6 Å². The number of hydrogen-bond acceptors (Lipinski definition) is 3. The van der Waals surface area contributed by atoms with Crippen LogP contribution in [0.25, 0.3) is 0 Å². The number of aliphatic hydroxyl groups excluding tert-OH is 1. The molecule has 3 heteroatoms. The molecule has 62 valence electrons. The minimum Gasteiger partial charge on any atom is -0.396 e. The Kier molecular flexibility index (Phi) is 5.58. The van der Waals surface area contributed by atoms with Gasteiger partial charge in [0.15, 0.2) is 0 Å². The highest BCUT2D eigenvalue weighted by Crippen LogP contribution is 1.93. The molecule has 0 heterocycles. The van der Waals surface area contributed by atoms with Gasteiger partial charge < -0.3 is 15.7 Å². The molecule has 0 aromatic heterocycles. The molecule has 0 aromatic carbocycles. The molecule has 0 radical (unpaired) electrons. The Morgan fingerprint density at radius 3 is 2.60 bits per heavy atom. The minimum atomic E-state index is 0.266. The third-order valence-corrected chi connectivity index (χ3v) is 1.76. The smallest absolute Gasteiger partial charge is 0.0443 e. The second-order valence-corrected chi connectivity index (χ2v) is 2.64. The molecule has 0 aliphatic rings. The van der Waals surface area contributed by atoms with Gasteiger partial charge in [0.2, 0.25) is 0 Å². The third kappa shape index (κ3) is 3.82. The van der Waals surface area contributed by atoms with Crippen molar-refractivity contribution in [2.45, 2.75) is 19.4 Å². The summed E-state index contributed by atoms with van der Waals surface area (Å²) in [6, 6.07) is 0.423. The predicted octanol–water partition coefficient (Wildman–Crippen LogP) is -0.352. The van der Waals surface area contributed by atoms with Gasteiger partial charge in [-0.2, -0.15) is 0 Å². The van der Waals surface area contributed by atoms with E-state index < -0.39 is 0 Å². The molecule has 3 N–H and O–H groups in total. The molecule has 0 aromatic rings. The second kappa shape index (κ2) is 5.65. The second-order valence-electron chi connectivity index (χ2n) is 2.64. The Morgan fingerprint density at radius 1 is 1.60 bits per heavy atom. The molecule has 0 rings (SSSR count). The first-order valence-corrected chi connectivity index (χ1v) is 3.73. The first-order valence-electron chi connectivity index (χ1n) is 3.73. The summed E-state index contributed by atoms with van der Waals surface area (Å²) in [6.07, 6.45) is 0.834. The quantitative estimate of drug-likeness (QED) is 0.557. The van der Waals surface area contributed by atoms with Gasteiger partial charge in [0.05, 0.1) is 0 Å². The number of likely N-dealkylation sites (N-methyl/N-ethyl adjacent to an activating group) is 1. The van der Waals surface area contributed by atoms with Crippen molar-refractivity contribution in [1.82, 2.24) is 4.90 Å². The molecule has 3 nitrogen and oxygen atoms in total. The van der Waals surface area contributed by atoms with E-state index in [9.17, 15) is 0 Å². The number of nitrogens with zero attached hydrogens (tertiary/aromatic N) is 1. The zero-order valence-electron chi connectivity index (χ0n) is 6.88. The lowest BCUT2D eigenvalue weighted by molar-refractivity contribution is 0.218. The first-order chi connectivity index (χ1) is 4.72. The van der Waals surface area contributed by atoms with Crippen LogP contribution in [0.2, 0.25) is 0 Å². The molecule has 10 heavy (non-hydrogen) atoms. The Morgan fingerprint density at radius 2 is 2.20 bits per heavy atom. The van der Waals surface area contributed by atoms with E-state index in [1.807, 2.05) is 7.05 Å². The summed E-state index contributed by atoms with van der Waals surface area (Å²) >= 11 is 0. The van der Waals surface area contributed by atoms with E-state index in [2.05, 4.69) is 11.8 Å². The van der Waals surface area contributed by atoms with Crippen LogP contribution < -0.4 is 5.73 Å². The Bertz CT molecular complexity index is 78.0. The van der Waals surface area contributed by atoms with Crippen LogP contribution in [0.4, 0.5) is 0 Å². The summed E-state index contributed by atoms with van der Waals surface area (Å²) in [5.74, 6) is 0. The minimum absolute atomic E-state index is 0.266. The van der Waals surface area contributed by atoms with E-state index in [-0.39, 0.29) is 6.61 Å². The summed E-state index contributed by atoms with van der Waals surface area (Å²) in [4.78, 5) is 2.15. The van der Waals surface area contributed by atoms with E-state index >= 15 is 0 Å². The van der Waals surface area contributed by atoms with Crippen LogP contribution in [0, 0.1) is 0 Å². The Hall–Kier alpha value is -0.120. The predicted molar refractivity (Wildman–Crippen MR) is 42.8 cm³/mol. The van der Waals surface area contributed by atoms with E-state index in [0.717, 1.165) is 13.0 Å². The van der Waals surface area contributed by atoms with E-state index in [1.54, 1.807) is 0 Å². The summed E-state index contributed by atoms with van der Waals surface area (Å²) < 4.78 is 0. The van der Waals surface area contributed by atoms with E-state index in [1.165, 1.54) is 0 Å². The number of nitrogens with two attached hydrogens (primary N) is 1. The van der Waals surface area contributed by atoms with Gasteiger partial charge in [-0.3, -0.25) is 0 Å². The van der Waals surface area contributed by atoms with Gasteiger partial charge in [-0.25, -0.2) is 0 Å². The molecule has 0 saturated carbocycles. The fourth-order valence-corrected chi connectivity index (χ4v) is 0.720. The molecule has 0 saturated heterocycles. The molecule has 1 unspecified atom stereocenters. The molecular formula is C7H18N2O. The largest absolute Gasteiger partial charge is 0.396 e. The van der Waals surface area contributed by atoms with Crippen molar-refractivity contribution < 1.29 is 5.11 Å². The maximum atomic E-state index is 8.51. The molecular weight excluding hydrogens is 128 g/mol. The third-order valence-electron chi connectivity index (χ3n) is 1.76. The fraction of sp³-hybridized carbons (Fsp3) is 1.00. The number of hydrogen-bond donors (Lipinski definition) is 2. The van der Waals surface area contributed by atoms with Crippen molar-refractivity contribution in [2.24, 2.45) is 5.73 Å². The first kappa shape index (κ1) is 9.88. The summed E-state index contributed by atoms with van der Waals surface area (Å²) in [6.45, 7) is 3.95. The summed E-state index contributed by atoms with van der Waals surface area (Å²) in [7, 11) is 2.02. The lowest BCUT2D eigenvalue weighted by Gasteiger charge is -2.22. The van der Waals surface area contributed by atoms with Gasteiger partial charge in [-0.05, 0) is 20.4 Å². The van der Waals surface area contributed by atoms with Crippen molar-refractivity contribution >= 4 is 0 Å². The van der Waals surface area contributed by atoms with Crippen molar-refractivity contribution in [3.8, 4) is 0 Å². The monoisotopic (exact) mass is 146 g/mol. The Labute approximate surface area is 62.8 Å². The lowest BCUT2D eigenvalue weighted by atomic mass is 10.3. The normalized spacial score (nSPS) is 14.1. The van der Waals surface area contributed by atoms with Gasteiger partial charge in [-0.15, -0.1) is 0 Å². The van der Waals surface area contributed by atoms with Crippen LogP contribution in [-0.2, 0) is 0 Å². The number of aliphatic hydroxyl groups is 1. The summed E-state index contributed by atoms with van der Waals surface area (Å²) in [5, 5.41) is 8.51.